The molecule has 0 aromatic heterocycles. The molecule has 0 unspecified atom stereocenters. The molecular weight excluding hydrogens is 322 g/mol. The highest BCUT2D eigenvalue weighted by atomic mass is 16.5. The van der Waals surface area contributed by atoms with Crippen LogP contribution in [0.1, 0.15) is 0 Å². The first-order chi connectivity index (χ1) is 12.1. The van der Waals surface area contributed by atoms with Gasteiger partial charge >= 0.3 is 0 Å². The first kappa shape index (κ1) is 17.7. The zero-order valence-electron chi connectivity index (χ0n) is 13.7. The van der Waals surface area contributed by atoms with Crippen molar-refractivity contribution in [3.8, 4) is 23.3 Å². The summed E-state index contributed by atoms with van der Waals surface area (Å²) in [6.45, 7) is 0. The molecule has 7 nitrogen and oxygen atoms in total. The lowest BCUT2D eigenvalue weighted by molar-refractivity contribution is -0.112. The molecule has 0 heterocycles. The van der Waals surface area contributed by atoms with Gasteiger partial charge in [-0.3, -0.25) is 4.79 Å². The Hall–Kier alpha value is -3.66. The predicted octanol–water partition coefficient (Wildman–Crippen LogP) is 2.87. The van der Waals surface area contributed by atoms with Crippen LogP contribution in [-0.4, -0.2) is 25.2 Å². The van der Waals surface area contributed by atoms with E-state index >= 15 is 0 Å². The molecule has 0 aliphatic rings. The van der Waals surface area contributed by atoms with Gasteiger partial charge in [-0.25, -0.2) is 0 Å². The first-order valence-corrected chi connectivity index (χ1v) is 7.26. The lowest BCUT2D eigenvalue weighted by Crippen LogP contribution is -2.15. The summed E-state index contributed by atoms with van der Waals surface area (Å²) < 4.78 is 10.3. The highest BCUT2D eigenvalue weighted by Crippen LogP contribution is 2.29. The molecule has 0 spiro atoms. The maximum absolute atomic E-state index is 12.3. The van der Waals surface area contributed by atoms with Crippen LogP contribution >= 0.6 is 0 Å². The van der Waals surface area contributed by atoms with Crippen molar-refractivity contribution in [1.82, 2.24) is 0 Å². The molecule has 0 bridgehead atoms. The minimum absolute atomic E-state index is 0.123. The van der Waals surface area contributed by atoms with Crippen molar-refractivity contribution in [2.75, 3.05) is 24.9 Å². The van der Waals surface area contributed by atoms with E-state index in [-0.39, 0.29) is 11.3 Å². The van der Waals surface area contributed by atoms with E-state index < -0.39 is 5.91 Å². The Kier molecular flexibility index (Phi) is 5.85. The fraction of sp³-hybridized carbons (Fsp3) is 0.111. The molecule has 0 aliphatic carbocycles. The Morgan fingerprint density at radius 2 is 1.88 bits per heavy atom. The fourth-order valence-electron chi connectivity index (χ4n) is 1.96. The number of phenols is 1. The third kappa shape index (κ3) is 4.65. The van der Waals surface area contributed by atoms with Gasteiger partial charge in [0.1, 0.15) is 28.9 Å². The molecule has 0 aliphatic heterocycles. The van der Waals surface area contributed by atoms with Crippen LogP contribution in [0.2, 0.25) is 0 Å². The minimum Gasteiger partial charge on any atom is -0.508 e. The molecular formula is C18H17N3O4. The van der Waals surface area contributed by atoms with E-state index in [0.29, 0.717) is 22.9 Å². The van der Waals surface area contributed by atoms with Crippen LogP contribution in [0.3, 0.4) is 0 Å². The zero-order chi connectivity index (χ0) is 18.2. The standard InChI is InChI=1S/C18H17N3O4/c1-24-15-7-8-17(25-2)16(9-15)21-18(23)12(10-19)11-20-13-3-5-14(22)6-4-13/h3-9,11,20,22H,1-2H3,(H,21,23)/b12-11-. The number of nitrogens with zero attached hydrogens (tertiary/aromatic N) is 1. The number of ether oxygens (including phenoxy) is 2. The second-order valence-corrected chi connectivity index (χ2v) is 4.88. The molecule has 2 aromatic rings. The highest BCUT2D eigenvalue weighted by Gasteiger charge is 2.13. The number of rotatable bonds is 6. The molecule has 1 amide bonds. The monoisotopic (exact) mass is 339 g/mol. The number of hydrogen-bond acceptors (Lipinski definition) is 6. The van der Waals surface area contributed by atoms with Crippen LogP contribution in [0, 0.1) is 11.3 Å². The number of anilines is 2. The van der Waals surface area contributed by atoms with Crippen molar-refractivity contribution < 1.29 is 19.4 Å². The van der Waals surface area contributed by atoms with E-state index in [1.165, 1.54) is 32.6 Å². The van der Waals surface area contributed by atoms with Crippen LogP contribution in [0.25, 0.3) is 0 Å². The van der Waals surface area contributed by atoms with Crippen LogP contribution in [0.5, 0.6) is 17.2 Å². The van der Waals surface area contributed by atoms with Crippen molar-refractivity contribution in [2.24, 2.45) is 0 Å². The molecule has 0 saturated heterocycles. The van der Waals surface area contributed by atoms with Gasteiger partial charge < -0.3 is 25.2 Å². The number of nitriles is 1. The summed E-state index contributed by atoms with van der Waals surface area (Å²) in [5.74, 6) is 0.511. The summed E-state index contributed by atoms with van der Waals surface area (Å²) >= 11 is 0. The third-order valence-corrected chi connectivity index (χ3v) is 3.27. The van der Waals surface area contributed by atoms with E-state index in [9.17, 15) is 15.2 Å². The molecule has 0 fully saturated rings. The SMILES string of the molecule is COc1ccc(OC)c(NC(=O)/C(C#N)=C\Nc2ccc(O)cc2)c1. The normalized spacial score (nSPS) is 10.5. The highest BCUT2D eigenvalue weighted by molar-refractivity contribution is 6.07. The van der Waals surface area contributed by atoms with Gasteiger partial charge in [0.05, 0.1) is 19.9 Å². The maximum Gasteiger partial charge on any atom is 0.267 e. The van der Waals surface area contributed by atoms with Crippen LogP contribution in [-0.2, 0) is 4.79 Å². The van der Waals surface area contributed by atoms with Crippen molar-refractivity contribution in [2.45, 2.75) is 0 Å². The largest absolute Gasteiger partial charge is 0.508 e. The Morgan fingerprint density at radius 3 is 2.48 bits per heavy atom. The minimum atomic E-state index is -0.597. The number of methoxy groups -OCH3 is 2. The second kappa shape index (κ2) is 8.26. The summed E-state index contributed by atoms with van der Waals surface area (Å²) in [4.78, 5) is 12.3. The van der Waals surface area contributed by atoms with Gasteiger partial charge in [0.25, 0.3) is 5.91 Å². The topological polar surface area (TPSA) is 104 Å². The van der Waals surface area contributed by atoms with Crippen molar-refractivity contribution >= 4 is 17.3 Å². The Balaban J connectivity index is 2.16. The summed E-state index contributed by atoms with van der Waals surface area (Å²) in [5.41, 5.74) is 0.882. The van der Waals surface area contributed by atoms with E-state index in [0.717, 1.165) is 0 Å². The summed E-state index contributed by atoms with van der Waals surface area (Å²) in [7, 11) is 2.99. The van der Waals surface area contributed by atoms with Gasteiger partial charge in [0.2, 0.25) is 0 Å². The van der Waals surface area contributed by atoms with Crippen molar-refractivity contribution in [3.05, 3.63) is 54.2 Å². The number of phenolic OH excluding ortho intramolecular Hbond substituents is 1. The summed E-state index contributed by atoms with van der Waals surface area (Å²) in [6, 6.07) is 13.0. The van der Waals surface area contributed by atoms with Gasteiger partial charge in [0, 0.05) is 18.0 Å². The van der Waals surface area contributed by atoms with Crippen LogP contribution < -0.4 is 20.1 Å². The molecule has 0 saturated carbocycles. The number of nitrogens with one attached hydrogen (secondary N) is 2. The smallest absolute Gasteiger partial charge is 0.267 e. The number of benzene rings is 2. The fourth-order valence-corrected chi connectivity index (χ4v) is 1.96. The third-order valence-electron chi connectivity index (χ3n) is 3.27. The maximum atomic E-state index is 12.3. The molecule has 25 heavy (non-hydrogen) atoms. The molecule has 2 aromatic carbocycles. The van der Waals surface area contributed by atoms with Crippen molar-refractivity contribution in [3.63, 3.8) is 0 Å². The van der Waals surface area contributed by atoms with Gasteiger partial charge in [-0.05, 0) is 36.4 Å². The second-order valence-electron chi connectivity index (χ2n) is 4.88. The molecule has 7 heteroatoms. The van der Waals surface area contributed by atoms with Gasteiger partial charge in [-0.15, -0.1) is 0 Å². The Labute approximate surface area is 145 Å². The van der Waals surface area contributed by atoms with Crippen LogP contribution in [0.15, 0.2) is 54.2 Å². The molecule has 0 atom stereocenters. The average Bonchev–Trinajstić information content (AvgIpc) is 2.63. The van der Waals surface area contributed by atoms with E-state index in [1.807, 2.05) is 6.07 Å². The molecule has 0 radical (unpaired) electrons. The number of amides is 1. The number of carbonyl (C=O) groups excluding carboxylic acids is 1. The van der Waals surface area contributed by atoms with Gasteiger partial charge in [0.15, 0.2) is 0 Å². The number of carbonyl (C=O) groups is 1. The zero-order valence-corrected chi connectivity index (χ0v) is 13.7. The van der Waals surface area contributed by atoms with E-state index in [2.05, 4.69) is 10.6 Å². The van der Waals surface area contributed by atoms with E-state index in [4.69, 9.17) is 9.47 Å². The van der Waals surface area contributed by atoms with Gasteiger partial charge in [-0.2, -0.15) is 5.26 Å². The Morgan fingerprint density at radius 1 is 1.16 bits per heavy atom. The number of aromatic hydroxyl groups is 1. The summed E-state index contributed by atoms with van der Waals surface area (Å²) in [6.07, 6.45) is 1.29. The molecule has 128 valence electrons. The summed E-state index contributed by atoms with van der Waals surface area (Å²) in [5, 5.41) is 23.9. The quantitative estimate of drug-likeness (QED) is 0.425. The van der Waals surface area contributed by atoms with Crippen LogP contribution in [0.4, 0.5) is 11.4 Å². The predicted molar refractivity (Wildman–Crippen MR) is 93.6 cm³/mol. The number of hydrogen-bond donors (Lipinski definition) is 3. The van der Waals surface area contributed by atoms with Gasteiger partial charge in [-0.1, -0.05) is 0 Å². The van der Waals surface area contributed by atoms with E-state index in [1.54, 1.807) is 30.3 Å². The van der Waals surface area contributed by atoms with Crippen molar-refractivity contribution in [1.29, 1.82) is 5.26 Å². The molecule has 3 N–H and O–H groups in total. The Bertz CT molecular complexity index is 823. The first-order valence-electron chi connectivity index (χ1n) is 7.26. The molecule has 2 rings (SSSR count). The lowest BCUT2D eigenvalue weighted by Gasteiger charge is -2.11. The lowest BCUT2D eigenvalue weighted by atomic mass is 10.2. The average molecular weight is 339 g/mol.